The largest absolute Gasteiger partial charge is 0.467 e. The van der Waals surface area contributed by atoms with Crippen LogP contribution in [0.5, 0.6) is 0 Å². The molecule has 7 heteroatoms. The molecule has 2 aliphatic rings. The molecular weight excluding hydrogens is 290 g/mol. The lowest BCUT2D eigenvalue weighted by Crippen LogP contribution is -2.52. The van der Waals surface area contributed by atoms with E-state index in [0.29, 0.717) is 12.8 Å². The van der Waals surface area contributed by atoms with E-state index in [0.717, 1.165) is 0 Å². The van der Waals surface area contributed by atoms with Crippen LogP contribution in [0.1, 0.15) is 47.0 Å². The molecule has 0 aromatic heterocycles. The second-order valence-electron chi connectivity index (χ2n) is 6.83. The summed E-state index contributed by atoms with van der Waals surface area (Å²) < 4.78 is 15.6. The van der Waals surface area contributed by atoms with Gasteiger partial charge in [-0.2, -0.15) is 0 Å². The number of nitrogens with zero attached hydrogens (tertiary/aromatic N) is 1. The normalized spacial score (nSPS) is 30.1. The molecule has 0 aromatic carbocycles. The highest BCUT2D eigenvalue weighted by molar-refractivity contribution is 5.88. The minimum Gasteiger partial charge on any atom is -0.467 e. The predicted octanol–water partition coefficient (Wildman–Crippen LogP) is 1.63. The molecule has 3 atom stereocenters. The van der Waals surface area contributed by atoms with E-state index in [4.69, 9.17) is 14.2 Å². The molecule has 2 heterocycles. The summed E-state index contributed by atoms with van der Waals surface area (Å²) in [6.45, 7) is 6.60. The van der Waals surface area contributed by atoms with Gasteiger partial charge in [0.15, 0.2) is 0 Å². The first-order valence-corrected chi connectivity index (χ1v) is 7.39. The van der Waals surface area contributed by atoms with Gasteiger partial charge in [-0.1, -0.05) is 0 Å². The van der Waals surface area contributed by atoms with Crippen LogP contribution >= 0.6 is 0 Å². The van der Waals surface area contributed by atoms with Crippen LogP contribution in [0.3, 0.4) is 0 Å². The van der Waals surface area contributed by atoms with Crippen LogP contribution in [0.4, 0.5) is 4.79 Å². The van der Waals surface area contributed by atoms with Gasteiger partial charge in [0.05, 0.1) is 13.2 Å². The van der Waals surface area contributed by atoms with Crippen LogP contribution in [0, 0.1) is 0 Å². The minimum absolute atomic E-state index is 0.253. The van der Waals surface area contributed by atoms with Crippen molar-refractivity contribution in [3.05, 3.63) is 0 Å². The summed E-state index contributed by atoms with van der Waals surface area (Å²) in [6, 6.07) is -0.349. The maximum absolute atomic E-state index is 12.5. The first kappa shape index (κ1) is 16.6. The zero-order chi connectivity index (χ0) is 16.7. The third-order valence-electron chi connectivity index (χ3n) is 4.09. The van der Waals surface area contributed by atoms with E-state index in [1.807, 2.05) is 0 Å². The molecule has 7 nitrogen and oxygen atoms in total. The van der Waals surface area contributed by atoms with Crippen molar-refractivity contribution in [1.29, 1.82) is 0 Å². The first-order chi connectivity index (χ1) is 10.1. The molecule has 0 aliphatic carbocycles. The Morgan fingerprint density at radius 3 is 2.36 bits per heavy atom. The van der Waals surface area contributed by atoms with Crippen LogP contribution in [0.2, 0.25) is 0 Å². The lowest BCUT2D eigenvalue weighted by atomic mass is 9.86. The molecular formula is C15H23NO6. The number of methoxy groups -OCH3 is 1. The summed E-state index contributed by atoms with van der Waals surface area (Å²) >= 11 is 0. The van der Waals surface area contributed by atoms with Gasteiger partial charge in [-0.25, -0.2) is 9.59 Å². The number of esters is 2. The van der Waals surface area contributed by atoms with Crippen LogP contribution in [-0.4, -0.2) is 53.3 Å². The Labute approximate surface area is 129 Å². The Hall–Kier alpha value is -1.79. The van der Waals surface area contributed by atoms with Gasteiger partial charge in [-0.15, -0.1) is 0 Å². The number of hydrogen-bond acceptors (Lipinski definition) is 6. The Balaban J connectivity index is 2.31. The molecule has 2 fully saturated rings. The van der Waals surface area contributed by atoms with Crippen molar-refractivity contribution in [2.75, 3.05) is 7.11 Å². The van der Waals surface area contributed by atoms with Crippen molar-refractivity contribution in [2.24, 2.45) is 0 Å². The SMILES string of the molecule is COC(=O)[C@]12CC[C@H]([C@@H](OC(C)=O)C1)N2C(=O)OC(C)(C)C. The van der Waals surface area contributed by atoms with Crippen LogP contribution < -0.4 is 0 Å². The third kappa shape index (κ3) is 2.76. The van der Waals surface area contributed by atoms with E-state index in [9.17, 15) is 14.4 Å². The highest BCUT2D eigenvalue weighted by Gasteiger charge is 2.65. The fourth-order valence-electron chi connectivity index (χ4n) is 3.40. The average Bonchev–Trinajstić information content (AvgIpc) is 2.88. The lowest BCUT2D eigenvalue weighted by Gasteiger charge is -2.33. The monoisotopic (exact) mass is 313 g/mol. The molecule has 0 unspecified atom stereocenters. The Morgan fingerprint density at radius 2 is 1.86 bits per heavy atom. The highest BCUT2D eigenvalue weighted by Crippen LogP contribution is 2.49. The number of hydrogen-bond donors (Lipinski definition) is 0. The van der Waals surface area contributed by atoms with Gasteiger partial charge in [-0.05, 0) is 33.6 Å². The smallest absolute Gasteiger partial charge is 0.411 e. The van der Waals surface area contributed by atoms with E-state index >= 15 is 0 Å². The van der Waals surface area contributed by atoms with E-state index in [1.165, 1.54) is 18.9 Å². The molecule has 2 aliphatic heterocycles. The van der Waals surface area contributed by atoms with Crippen LogP contribution in [0.15, 0.2) is 0 Å². The second-order valence-corrected chi connectivity index (χ2v) is 6.83. The van der Waals surface area contributed by atoms with Crippen molar-refractivity contribution in [2.45, 2.75) is 70.2 Å². The zero-order valence-corrected chi connectivity index (χ0v) is 13.7. The summed E-state index contributed by atoms with van der Waals surface area (Å²) in [5, 5.41) is 0. The molecule has 2 saturated heterocycles. The number of fused-ring (bicyclic) bond motifs is 2. The standard InChI is InChI=1S/C15H23NO6/c1-9(17)21-11-8-15(12(18)20-5)7-6-10(11)16(15)13(19)22-14(2,3)4/h10-11H,6-8H2,1-5H3/t10-,11+,15+/m1/s1. The molecule has 1 amide bonds. The lowest BCUT2D eigenvalue weighted by molar-refractivity contribution is -0.154. The summed E-state index contributed by atoms with van der Waals surface area (Å²) in [7, 11) is 1.29. The molecule has 22 heavy (non-hydrogen) atoms. The molecule has 0 N–H and O–H groups in total. The number of ether oxygens (including phenoxy) is 3. The second kappa shape index (κ2) is 5.44. The molecule has 2 rings (SSSR count). The summed E-state index contributed by atoms with van der Waals surface area (Å²) in [5.41, 5.74) is -1.77. The van der Waals surface area contributed by atoms with E-state index in [1.54, 1.807) is 20.8 Å². The maximum Gasteiger partial charge on any atom is 0.411 e. The van der Waals surface area contributed by atoms with Crippen molar-refractivity contribution >= 4 is 18.0 Å². The van der Waals surface area contributed by atoms with E-state index < -0.39 is 35.3 Å². The Bertz CT molecular complexity index is 497. The molecule has 2 bridgehead atoms. The fraction of sp³-hybridized carbons (Fsp3) is 0.800. The maximum atomic E-state index is 12.5. The van der Waals surface area contributed by atoms with Crippen molar-refractivity contribution in [1.82, 2.24) is 4.90 Å². The van der Waals surface area contributed by atoms with Crippen molar-refractivity contribution in [3.63, 3.8) is 0 Å². The van der Waals surface area contributed by atoms with Gasteiger partial charge >= 0.3 is 18.0 Å². The highest BCUT2D eigenvalue weighted by atomic mass is 16.6. The summed E-state index contributed by atoms with van der Waals surface area (Å²) in [4.78, 5) is 37.5. The Morgan fingerprint density at radius 1 is 1.23 bits per heavy atom. The zero-order valence-electron chi connectivity index (χ0n) is 13.7. The summed E-state index contributed by atoms with van der Waals surface area (Å²) in [6.07, 6.45) is 0.240. The van der Waals surface area contributed by atoms with Crippen molar-refractivity contribution < 1.29 is 28.6 Å². The number of carbonyl (C=O) groups excluding carboxylic acids is 3. The van der Waals surface area contributed by atoms with Gasteiger partial charge in [0.1, 0.15) is 17.2 Å². The van der Waals surface area contributed by atoms with Crippen LogP contribution in [-0.2, 0) is 23.8 Å². The fourth-order valence-corrected chi connectivity index (χ4v) is 3.40. The van der Waals surface area contributed by atoms with Crippen LogP contribution in [0.25, 0.3) is 0 Å². The van der Waals surface area contributed by atoms with Gasteiger partial charge in [-0.3, -0.25) is 9.69 Å². The molecule has 0 spiro atoms. The quantitative estimate of drug-likeness (QED) is 0.569. The topological polar surface area (TPSA) is 82.1 Å². The van der Waals surface area contributed by atoms with E-state index in [2.05, 4.69) is 0 Å². The van der Waals surface area contributed by atoms with Gasteiger partial charge in [0, 0.05) is 13.3 Å². The van der Waals surface area contributed by atoms with Crippen molar-refractivity contribution in [3.8, 4) is 0 Å². The molecule has 0 saturated carbocycles. The number of carbonyl (C=O) groups is 3. The molecule has 0 radical (unpaired) electrons. The van der Waals surface area contributed by atoms with E-state index in [-0.39, 0.29) is 12.5 Å². The molecule has 124 valence electrons. The predicted molar refractivity (Wildman–Crippen MR) is 76.0 cm³/mol. The van der Waals surface area contributed by atoms with Gasteiger partial charge < -0.3 is 14.2 Å². The minimum atomic E-state index is -1.10. The average molecular weight is 313 g/mol. The molecule has 0 aromatic rings. The first-order valence-electron chi connectivity index (χ1n) is 7.39. The number of amides is 1. The van der Waals surface area contributed by atoms with Gasteiger partial charge in [0.2, 0.25) is 0 Å². The van der Waals surface area contributed by atoms with Gasteiger partial charge in [0.25, 0.3) is 0 Å². The summed E-state index contributed by atoms with van der Waals surface area (Å²) in [5.74, 6) is -0.919. The number of rotatable bonds is 2. The third-order valence-corrected chi connectivity index (χ3v) is 4.09. The Kier molecular flexibility index (Phi) is 4.10.